The second-order valence-corrected chi connectivity index (χ2v) is 19.1. The molecule has 56 heavy (non-hydrogen) atoms. The molecule has 0 spiro atoms. The van der Waals surface area contributed by atoms with Crippen LogP contribution in [0, 0.1) is 0 Å². The Hall–Kier alpha value is -3.56. The number of pyridine rings is 2. The summed E-state index contributed by atoms with van der Waals surface area (Å²) < 4.78 is 6.55. The van der Waals surface area contributed by atoms with Crippen LogP contribution in [-0.2, 0) is 13.1 Å². The Morgan fingerprint density at radius 1 is 0.464 bits per heavy atom. The third kappa shape index (κ3) is 16.9. The first-order valence-corrected chi connectivity index (χ1v) is 23.3. The van der Waals surface area contributed by atoms with Crippen molar-refractivity contribution in [2.24, 2.45) is 0 Å². The van der Waals surface area contributed by atoms with E-state index in [9.17, 15) is 0 Å². The SMILES string of the molecule is CC[n+]1ccc(/C=C/c2ccc(N(C)CCC[N+](C)(C)CCCSSCCC[N+](C)(C)CCCN(C)c3ccc(/C=C/c4cc[n+](CC)cc4)cc3)cc2)cc1. The highest BCUT2D eigenvalue weighted by molar-refractivity contribution is 8.76. The molecule has 0 unspecified atom stereocenters. The Balaban J connectivity index is 1.01. The molecule has 0 atom stereocenters. The van der Waals surface area contributed by atoms with Gasteiger partial charge in [0.2, 0.25) is 0 Å². The van der Waals surface area contributed by atoms with Crippen molar-refractivity contribution in [1.82, 2.24) is 0 Å². The van der Waals surface area contributed by atoms with Crippen LogP contribution in [0.3, 0.4) is 0 Å². The van der Waals surface area contributed by atoms with Gasteiger partial charge >= 0.3 is 0 Å². The molecule has 0 aliphatic carbocycles. The zero-order valence-corrected chi connectivity index (χ0v) is 37.6. The Labute approximate surface area is 349 Å². The zero-order valence-electron chi connectivity index (χ0n) is 35.9. The number of aryl methyl sites for hydroxylation is 2. The monoisotopic (exact) mass is 797 g/mol. The first kappa shape index (κ1) is 45.1. The van der Waals surface area contributed by atoms with Crippen LogP contribution in [0.5, 0.6) is 0 Å². The molecule has 0 bridgehead atoms. The smallest absolute Gasteiger partial charge is 0.169 e. The predicted octanol–water partition coefficient (Wildman–Crippen LogP) is 9.31. The van der Waals surface area contributed by atoms with Crippen LogP contribution in [0.4, 0.5) is 11.4 Å². The average Bonchev–Trinajstić information content (AvgIpc) is 3.20. The maximum atomic E-state index is 2.40. The molecule has 2 heterocycles. The summed E-state index contributed by atoms with van der Waals surface area (Å²) in [4.78, 5) is 4.79. The third-order valence-electron chi connectivity index (χ3n) is 10.7. The molecule has 0 aliphatic heterocycles. The van der Waals surface area contributed by atoms with Gasteiger partial charge in [0.1, 0.15) is 13.1 Å². The highest BCUT2D eigenvalue weighted by Crippen LogP contribution is 2.24. The summed E-state index contributed by atoms with van der Waals surface area (Å²) >= 11 is 0. The Kier molecular flexibility index (Phi) is 19.0. The maximum absolute atomic E-state index is 2.40. The van der Waals surface area contributed by atoms with Crippen molar-refractivity contribution in [3.8, 4) is 0 Å². The molecule has 8 heteroatoms. The molecule has 0 aliphatic rings. The molecule has 0 radical (unpaired) electrons. The summed E-state index contributed by atoms with van der Waals surface area (Å²) in [6.45, 7) is 13.4. The lowest BCUT2D eigenvalue weighted by Gasteiger charge is -2.31. The summed E-state index contributed by atoms with van der Waals surface area (Å²) in [6.07, 6.45) is 22.3. The number of aromatic nitrogens is 2. The number of hydrogen-bond donors (Lipinski definition) is 0. The Morgan fingerprint density at radius 3 is 1.09 bits per heavy atom. The third-order valence-corrected chi connectivity index (χ3v) is 13.3. The highest BCUT2D eigenvalue weighted by Gasteiger charge is 2.16. The molecule has 4 rings (SSSR count). The fourth-order valence-corrected chi connectivity index (χ4v) is 8.96. The van der Waals surface area contributed by atoms with Gasteiger partial charge in [-0.25, -0.2) is 9.13 Å². The van der Waals surface area contributed by atoms with Crippen molar-refractivity contribution in [3.63, 3.8) is 0 Å². The van der Waals surface area contributed by atoms with Crippen LogP contribution in [0.1, 0.15) is 61.8 Å². The van der Waals surface area contributed by atoms with Crippen molar-refractivity contribution < 1.29 is 18.1 Å². The number of anilines is 2. The second-order valence-electron chi connectivity index (χ2n) is 16.4. The van der Waals surface area contributed by atoms with Crippen LogP contribution in [0.25, 0.3) is 24.3 Å². The van der Waals surface area contributed by atoms with Crippen LogP contribution < -0.4 is 18.9 Å². The van der Waals surface area contributed by atoms with E-state index >= 15 is 0 Å². The summed E-state index contributed by atoms with van der Waals surface area (Å²) in [7, 11) is 18.2. The van der Waals surface area contributed by atoms with Gasteiger partial charge in [-0.15, -0.1) is 0 Å². The fourth-order valence-electron chi connectivity index (χ4n) is 6.82. The standard InChI is InChI=1S/C48H72N6S2/c1-9-51-33-27-45(28-34-51)17-15-43-19-23-47(24-20-43)49(3)31-11-37-53(5,6)39-13-41-55-56-42-14-40-54(7,8)38-12-32-50(4)48-25-21-44(22-26-48)16-18-46-29-35-52(10-2)36-30-46/h15-30,33-36H,9-14,31-32,37-42H2,1-8H3/q+4. The molecule has 0 saturated carbocycles. The maximum Gasteiger partial charge on any atom is 0.169 e. The average molecular weight is 797 g/mol. The van der Waals surface area contributed by atoms with Gasteiger partial charge in [-0.05, 0) is 60.4 Å². The van der Waals surface area contributed by atoms with Gasteiger partial charge in [0.25, 0.3) is 0 Å². The normalized spacial score (nSPS) is 12.2. The molecule has 0 N–H and O–H groups in total. The first-order chi connectivity index (χ1) is 26.9. The minimum atomic E-state index is 1.000. The molecule has 6 nitrogen and oxygen atoms in total. The van der Waals surface area contributed by atoms with E-state index in [-0.39, 0.29) is 0 Å². The molecule has 2 aromatic heterocycles. The van der Waals surface area contributed by atoms with Crippen LogP contribution in [-0.4, -0.2) is 102 Å². The molecular formula is C48H72N6S2+4. The molecule has 2 aromatic carbocycles. The van der Waals surface area contributed by atoms with Gasteiger partial charge in [-0.2, -0.15) is 0 Å². The lowest BCUT2D eigenvalue weighted by Crippen LogP contribution is -2.42. The summed E-state index contributed by atoms with van der Waals surface area (Å²) in [5.74, 6) is 2.48. The predicted molar refractivity (Wildman–Crippen MR) is 249 cm³/mol. The zero-order chi connectivity index (χ0) is 40.2. The molecule has 0 saturated heterocycles. The van der Waals surface area contributed by atoms with Gasteiger partial charge in [0, 0.05) is 100 Å². The largest absolute Gasteiger partial charge is 0.374 e. The molecular weight excluding hydrogens is 725 g/mol. The van der Waals surface area contributed by atoms with E-state index < -0.39 is 0 Å². The van der Waals surface area contributed by atoms with E-state index in [0.29, 0.717) is 0 Å². The topological polar surface area (TPSA) is 14.2 Å². The van der Waals surface area contributed by atoms with Crippen LogP contribution in [0.2, 0.25) is 0 Å². The van der Waals surface area contributed by atoms with Gasteiger partial charge in [-0.1, -0.05) is 70.2 Å². The van der Waals surface area contributed by atoms with Gasteiger partial charge in [0.15, 0.2) is 24.8 Å². The van der Waals surface area contributed by atoms with E-state index in [0.717, 1.165) is 35.1 Å². The van der Waals surface area contributed by atoms with Crippen molar-refractivity contribution in [2.45, 2.75) is 52.6 Å². The van der Waals surface area contributed by atoms with Crippen molar-refractivity contribution in [3.05, 3.63) is 120 Å². The molecule has 4 aromatic rings. The fraction of sp³-hybridized carbons (Fsp3) is 0.458. The van der Waals surface area contributed by atoms with Crippen LogP contribution >= 0.6 is 21.6 Å². The number of quaternary nitrogens is 2. The van der Waals surface area contributed by atoms with E-state index in [1.165, 1.54) is 97.0 Å². The summed E-state index contributed by atoms with van der Waals surface area (Å²) in [5, 5.41) is 0. The molecule has 0 fully saturated rings. The van der Waals surface area contributed by atoms with Crippen molar-refractivity contribution in [2.75, 3.05) is 103 Å². The molecule has 302 valence electrons. The van der Waals surface area contributed by atoms with Crippen molar-refractivity contribution >= 4 is 57.3 Å². The summed E-state index contributed by atoms with van der Waals surface area (Å²) in [5.41, 5.74) is 7.49. The lowest BCUT2D eigenvalue weighted by molar-refractivity contribution is -0.890. The highest BCUT2D eigenvalue weighted by atomic mass is 33.1. The van der Waals surface area contributed by atoms with E-state index in [4.69, 9.17) is 0 Å². The van der Waals surface area contributed by atoms with Crippen molar-refractivity contribution in [1.29, 1.82) is 0 Å². The number of benzene rings is 2. The number of hydrogen-bond acceptors (Lipinski definition) is 4. The number of nitrogens with zero attached hydrogens (tertiary/aromatic N) is 6. The van der Waals surface area contributed by atoms with Gasteiger partial charge in [0.05, 0.1) is 54.4 Å². The van der Waals surface area contributed by atoms with E-state index in [1.54, 1.807) is 0 Å². The minimum Gasteiger partial charge on any atom is -0.374 e. The van der Waals surface area contributed by atoms with Gasteiger partial charge < -0.3 is 18.8 Å². The van der Waals surface area contributed by atoms with E-state index in [2.05, 4.69) is 219 Å². The minimum absolute atomic E-state index is 1.000. The molecule has 0 amide bonds. The van der Waals surface area contributed by atoms with Gasteiger partial charge in [-0.3, -0.25) is 0 Å². The lowest BCUT2D eigenvalue weighted by atomic mass is 10.1. The number of rotatable bonds is 25. The second kappa shape index (κ2) is 23.6. The van der Waals surface area contributed by atoms with Crippen LogP contribution in [0.15, 0.2) is 97.6 Å². The van der Waals surface area contributed by atoms with E-state index in [1.807, 2.05) is 0 Å². The Bertz CT molecular complexity index is 1600. The summed E-state index contributed by atoms with van der Waals surface area (Å²) in [6, 6.07) is 26.6. The first-order valence-electron chi connectivity index (χ1n) is 20.8. The Morgan fingerprint density at radius 2 is 0.768 bits per heavy atom. The quantitative estimate of drug-likeness (QED) is 0.0287.